The molecule has 4 atom stereocenters. The Bertz CT molecular complexity index is 475. The number of ether oxygens (including phenoxy) is 3. The number of esters is 1. The summed E-state index contributed by atoms with van der Waals surface area (Å²) in [6.45, 7) is 13.3. The monoisotopic (exact) mass is 340 g/mol. The third-order valence-corrected chi connectivity index (χ3v) is 5.32. The summed E-state index contributed by atoms with van der Waals surface area (Å²) < 4.78 is 17.9. The zero-order chi connectivity index (χ0) is 18.1. The first-order valence-corrected chi connectivity index (χ1v) is 9.00. The fraction of sp³-hybridized carbons (Fsp3) is 0.842. The highest BCUT2D eigenvalue weighted by molar-refractivity contribution is 5.87. The molecular weight excluding hydrogens is 308 g/mol. The molecule has 2 bridgehead atoms. The van der Waals surface area contributed by atoms with Crippen LogP contribution in [0.4, 0.5) is 0 Å². The molecule has 2 aliphatic heterocycles. The molecule has 138 valence electrons. The van der Waals surface area contributed by atoms with Crippen LogP contribution >= 0.6 is 0 Å². The van der Waals surface area contributed by atoms with Crippen LogP contribution in [0.5, 0.6) is 0 Å². The summed E-state index contributed by atoms with van der Waals surface area (Å²) in [5, 5.41) is 10.0. The van der Waals surface area contributed by atoms with Crippen molar-refractivity contribution in [3.05, 3.63) is 12.2 Å². The Labute approximate surface area is 145 Å². The van der Waals surface area contributed by atoms with Crippen LogP contribution in [0.3, 0.4) is 0 Å². The zero-order valence-corrected chi connectivity index (χ0v) is 15.6. The van der Waals surface area contributed by atoms with E-state index in [2.05, 4.69) is 20.4 Å². The Hall–Kier alpha value is -0.910. The highest BCUT2D eigenvalue weighted by Gasteiger charge is 2.56. The summed E-state index contributed by atoms with van der Waals surface area (Å²) in [6.07, 6.45) is 3.07. The SMILES string of the molecule is C=C(C)C(=O)OC1CC2CC(C(CC)(CC)OCC(C)(C)O)C1O2. The number of hydrogen-bond acceptors (Lipinski definition) is 5. The summed E-state index contributed by atoms with van der Waals surface area (Å²) in [7, 11) is 0. The van der Waals surface area contributed by atoms with Gasteiger partial charge in [0.15, 0.2) is 0 Å². The van der Waals surface area contributed by atoms with E-state index in [4.69, 9.17) is 14.2 Å². The van der Waals surface area contributed by atoms with Crippen molar-refractivity contribution in [1.82, 2.24) is 0 Å². The van der Waals surface area contributed by atoms with Crippen molar-refractivity contribution in [1.29, 1.82) is 0 Å². The fourth-order valence-corrected chi connectivity index (χ4v) is 3.95. The topological polar surface area (TPSA) is 65.0 Å². The molecule has 2 rings (SSSR count). The quantitative estimate of drug-likeness (QED) is 0.543. The van der Waals surface area contributed by atoms with Crippen molar-refractivity contribution in [2.24, 2.45) is 5.92 Å². The van der Waals surface area contributed by atoms with Gasteiger partial charge >= 0.3 is 5.97 Å². The minimum Gasteiger partial charge on any atom is -0.456 e. The first-order valence-electron chi connectivity index (χ1n) is 9.00. The fourth-order valence-electron chi connectivity index (χ4n) is 3.95. The van der Waals surface area contributed by atoms with Gasteiger partial charge in [0.05, 0.1) is 23.9 Å². The summed E-state index contributed by atoms with van der Waals surface area (Å²) in [6, 6.07) is 0. The Morgan fingerprint density at radius 2 is 1.92 bits per heavy atom. The normalized spacial score (nSPS) is 29.8. The molecule has 24 heavy (non-hydrogen) atoms. The molecule has 2 aliphatic rings. The predicted octanol–water partition coefficient (Wildman–Crippen LogP) is 3.00. The van der Waals surface area contributed by atoms with E-state index in [1.54, 1.807) is 20.8 Å². The van der Waals surface area contributed by atoms with Crippen molar-refractivity contribution in [2.45, 2.75) is 89.8 Å². The van der Waals surface area contributed by atoms with Gasteiger partial charge in [-0.1, -0.05) is 20.4 Å². The molecule has 0 amide bonds. The average Bonchev–Trinajstić information content (AvgIpc) is 3.08. The van der Waals surface area contributed by atoms with Gasteiger partial charge in [-0.25, -0.2) is 4.79 Å². The molecule has 0 aromatic heterocycles. The third kappa shape index (κ3) is 4.01. The Morgan fingerprint density at radius 3 is 2.38 bits per heavy atom. The van der Waals surface area contributed by atoms with Gasteiger partial charge < -0.3 is 19.3 Å². The number of aliphatic hydroxyl groups is 1. The molecule has 0 radical (unpaired) electrons. The van der Waals surface area contributed by atoms with Gasteiger partial charge in [0.2, 0.25) is 0 Å². The Balaban J connectivity index is 2.13. The summed E-state index contributed by atoms with van der Waals surface area (Å²) in [5.74, 6) is -0.192. The number of carbonyl (C=O) groups is 1. The van der Waals surface area contributed by atoms with Gasteiger partial charge in [0.25, 0.3) is 0 Å². The van der Waals surface area contributed by atoms with Gasteiger partial charge in [-0.3, -0.25) is 0 Å². The van der Waals surface area contributed by atoms with Crippen molar-refractivity contribution in [3.8, 4) is 0 Å². The molecule has 2 fully saturated rings. The Kier molecular flexibility index (Phi) is 5.78. The molecule has 4 unspecified atom stereocenters. The second-order valence-corrected chi connectivity index (χ2v) is 7.90. The van der Waals surface area contributed by atoms with Crippen LogP contribution in [-0.4, -0.2) is 47.2 Å². The first-order chi connectivity index (χ1) is 11.1. The number of rotatable bonds is 8. The van der Waals surface area contributed by atoms with Gasteiger partial charge in [0.1, 0.15) is 12.2 Å². The van der Waals surface area contributed by atoms with Crippen molar-refractivity contribution >= 4 is 5.97 Å². The van der Waals surface area contributed by atoms with Crippen LogP contribution in [0.1, 0.15) is 60.3 Å². The lowest BCUT2D eigenvalue weighted by Gasteiger charge is -2.43. The lowest BCUT2D eigenvalue weighted by Crippen LogP contribution is -2.50. The van der Waals surface area contributed by atoms with Gasteiger partial charge in [-0.05, 0) is 40.0 Å². The molecule has 5 nitrogen and oxygen atoms in total. The van der Waals surface area contributed by atoms with Crippen LogP contribution in [0, 0.1) is 5.92 Å². The smallest absolute Gasteiger partial charge is 0.333 e. The van der Waals surface area contributed by atoms with Gasteiger partial charge in [0, 0.05) is 17.9 Å². The van der Waals surface area contributed by atoms with Crippen LogP contribution < -0.4 is 0 Å². The molecule has 2 saturated heterocycles. The molecule has 0 aromatic rings. The largest absolute Gasteiger partial charge is 0.456 e. The maximum Gasteiger partial charge on any atom is 0.333 e. The van der Waals surface area contributed by atoms with E-state index in [-0.39, 0.29) is 42.4 Å². The minimum absolute atomic E-state index is 0.117. The van der Waals surface area contributed by atoms with E-state index < -0.39 is 5.60 Å². The Morgan fingerprint density at radius 1 is 1.29 bits per heavy atom. The molecule has 1 N–H and O–H groups in total. The maximum absolute atomic E-state index is 11.9. The van der Waals surface area contributed by atoms with Gasteiger partial charge in [-0.2, -0.15) is 0 Å². The van der Waals surface area contributed by atoms with E-state index in [0.29, 0.717) is 5.57 Å². The van der Waals surface area contributed by atoms with Crippen LogP contribution in [0.2, 0.25) is 0 Å². The van der Waals surface area contributed by atoms with E-state index in [1.165, 1.54) is 0 Å². The highest BCUT2D eigenvalue weighted by Crippen LogP contribution is 2.49. The highest BCUT2D eigenvalue weighted by atomic mass is 16.6. The van der Waals surface area contributed by atoms with E-state index in [9.17, 15) is 9.90 Å². The molecule has 2 heterocycles. The van der Waals surface area contributed by atoms with Crippen molar-refractivity contribution < 1.29 is 24.1 Å². The van der Waals surface area contributed by atoms with E-state index >= 15 is 0 Å². The first kappa shape index (κ1) is 19.4. The van der Waals surface area contributed by atoms with Crippen molar-refractivity contribution in [2.75, 3.05) is 6.61 Å². The molecule has 0 spiro atoms. The molecule has 0 aliphatic carbocycles. The molecular formula is C19H32O5. The zero-order valence-electron chi connectivity index (χ0n) is 15.6. The second kappa shape index (κ2) is 7.14. The summed E-state index contributed by atoms with van der Waals surface area (Å²) in [4.78, 5) is 11.9. The molecule has 5 heteroatoms. The molecule has 0 aromatic carbocycles. The van der Waals surface area contributed by atoms with Crippen molar-refractivity contribution in [3.63, 3.8) is 0 Å². The third-order valence-electron chi connectivity index (χ3n) is 5.32. The average molecular weight is 340 g/mol. The lowest BCUT2D eigenvalue weighted by molar-refractivity contribution is -0.166. The molecule has 0 saturated carbocycles. The number of hydrogen-bond donors (Lipinski definition) is 1. The summed E-state index contributed by atoms with van der Waals surface area (Å²) in [5.41, 5.74) is -0.835. The predicted molar refractivity (Wildman–Crippen MR) is 91.6 cm³/mol. The maximum atomic E-state index is 11.9. The summed E-state index contributed by atoms with van der Waals surface area (Å²) >= 11 is 0. The van der Waals surface area contributed by atoms with E-state index in [1.807, 2.05) is 0 Å². The lowest BCUT2D eigenvalue weighted by atomic mass is 9.72. The van der Waals surface area contributed by atoms with Gasteiger partial charge in [-0.15, -0.1) is 0 Å². The number of fused-ring (bicyclic) bond motifs is 2. The van der Waals surface area contributed by atoms with Crippen LogP contribution in [0.25, 0.3) is 0 Å². The number of carbonyl (C=O) groups excluding carboxylic acids is 1. The standard InChI is InChI=1S/C19H32O5/c1-7-19(8-2,22-11-18(5,6)21)14-9-13-10-15(16(14)23-13)24-17(20)12(3)4/h13-16,21H,3,7-11H2,1-2,4-6H3. The van der Waals surface area contributed by atoms with Crippen LogP contribution in [-0.2, 0) is 19.0 Å². The van der Waals surface area contributed by atoms with E-state index in [0.717, 1.165) is 25.7 Å². The second-order valence-electron chi connectivity index (χ2n) is 7.90. The van der Waals surface area contributed by atoms with Crippen LogP contribution in [0.15, 0.2) is 12.2 Å². The minimum atomic E-state index is -0.875.